The van der Waals surface area contributed by atoms with Gasteiger partial charge in [-0.2, -0.15) is 4.98 Å². The van der Waals surface area contributed by atoms with Gasteiger partial charge in [-0.15, -0.1) is 0 Å². The first-order chi connectivity index (χ1) is 8.60. The van der Waals surface area contributed by atoms with E-state index in [9.17, 15) is 9.90 Å². The van der Waals surface area contributed by atoms with E-state index >= 15 is 0 Å². The number of nitrogens with zero attached hydrogens (tertiary/aromatic N) is 2. The number of hydrogen-bond donors (Lipinski definition) is 2. The first-order valence-electron chi connectivity index (χ1n) is 5.74. The zero-order chi connectivity index (χ0) is 13.1. The number of esters is 1. The molecule has 0 bridgehead atoms. The first-order valence-corrected chi connectivity index (χ1v) is 6.12. The van der Waals surface area contributed by atoms with Gasteiger partial charge >= 0.3 is 5.97 Å². The Morgan fingerprint density at radius 1 is 1.67 bits per heavy atom. The first kappa shape index (κ1) is 13.0. The number of carbonyl (C=O) groups excluding carboxylic acids is 1. The Morgan fingerprint density at radius 2 is 2.39 bits per heavy atom. The summed E-state index contributed by atoms with van der Waals surface area (Å²) in [6.07, 6.45) is 2.31. The molecule has 0 saturated heterocycles. The van der Waals surface area contributed by atoms with E-state index in [2.05, 4.69) is 15.3 Å². The second-order valence-electron chi connectivity index (χ2n) is 4.09. The molecule has 1 aromatic rings. The average molecular weight is 272 g/mol. The Bertz CT molecular complexity index is 449. The fraction of sp³-hybridized carbons (Fsp3) is 0.545. The van der Waals surface area contributed by atoms with Crippen molar-refractivity contribution in [2.24, 2.45) is 0 Å². The van der Waals surface area contributed by atoms with Crippen molar-refractivity contribution < 1.29 is 14.6 Å². The van der Waals surface area contributed by atoms with Gasteiger partial charge in [0.15, 0.2) is 0 Å². The van der Waals surface area contributed by atoms with Crippen LogP contribution >= 0.6 is 11.6 Å². The Hall–Kier alpha value is -1.40. The van der Waals surface area contributed by atoms with Crippen molar-refractivity contribution >= 4 is 23.4 Å². The second-order valence-corrected chi connectivity index (χ2v) is 4.43. The number of ether oxygens (including phenoxy) is 1. The van der Waals surface area contributed by atoms with E-state index in [0.717, 1.165) is 0 Å². The summed E-state index contributed by atoms with van der Waals surface area (Å²) in [5, 5.41) is 12.3. The topological polar surface area (TPSA) is 84.3 Å². The normalized spacial score (nSPS) is 22.2. The Morgan fingerprint density at radius 3 is 3.00 bits per heavy atom. The second kappa shape index (κ2) is 5.49. The molecule has 0 spiro atoms. The van der Waals surface area contributed by atoms with Gasteiger partial charge in [0.05, 0.1) is 12.7 Å². The molecule has 98 valence electrons. The summed E-state index contributed by atoms with van der Waals surface area (Å²) in [5.74, 6) is -0.137. The number of aromatic nitrogens is 2. The largest absolute Gasteiger partial charge is 0.462 e. The van der Waals surface area contributed by atoms with Crippen LogP contribution in [0.15, 0.2) is 6.20 Å². The lowest BCUT2D eigenvalue weighted by Gasteiger charge is -2.32. The van der Waals surface area contributed by atoms with Crippen LogP contribution in [-0.4, -0.2) is 39.8 Å². The molecule has 1 aliphatic rings. The quantitative estimate of drug-likeness (QED) is 0.633. The summed E-state index contributed by atoms with van der Waals surface area (Å²) in [5.41, 5.74) is 0.252. The molecule has 0 aliphatic heterocycles. The molecule has 1 aromatic heterocycles. The van der Waals surface area contributed by atoms with E-state index in [-0.39, 0.29) is 29.6 Å². The van der Waals surface area contributed by atoms with Gasteiger partial charge in [-0.3, -0.25) is 0 Å². The van der Waals surface area contributed by atoms with Crippen LogP contribution < -0.4 is 5.32 Å². The summed E-state index contributed by atoms with van der Waals surface area (Å²) in [7, 11) is 0. The third kappa shape index (κ3) is 2.88. The van der Waals surface area contributed by atoms with Gasteiger partial charge < -0.3 is 15.2 Å². The molecule has 1 saturated carbocycles. The van der Waals surface area contributed by atoms with Crippen LogP contribution in [0.2, 0.25) is 5.28 Å². The predicted octanol–water partition coefficient (Wildman–Crippen LogP) is 1.24. The van der Waals surface area contributed by atoms with Crippen molar-refractivity contribution in [2.75, 3.05) is 11.9 Å². The predicted molar refractivity (Wildman–Crippen MR) is 65.7 cm³/mol. The maximum atomic E-state index is 11.7. The maximum absolute atomic E-state index is 11.7. The molecule has 1 aliphatic carbocycles. The molecule has 0 radical (unpaired) electrons. The van der Waals surface area contributed by atoms with E-state index < -0.39 is 5.97 Å². The summed E-state index contributed by atoms with van der Waals surface area (Å²) in [4.78, 5) is 19.5. The number of aliphatic hydroxyl groups excluding tert-OH is 1. The number of halogens is 1. The molecule has 18 heavy (non-hydrogen) atoms. The number of hydrogen-bond acceptors (Lipinski definition) is 6. The molecule has 7 heteroatoms. The highest BCUT2D eigenvalue weighted by molar-refractivity contribution is 6.28. The number of anilines is 1. The van der Waals surface area contributed by atoms with Crippen LogP contribution in [0.5, 0.6) is 0 Å². The number of nitrogens with one attached hydrogen (secondary N) is 1. The van der Waals surface area contributed by atoms with Gasteiger partial charge in [0.25, 0.3) is 0 Å². The van der Waals surface area contributed by atoms with E-state index in [0.29, 0.717) is 18.7 Å². The van der Waals surface area contributed by atoms with Crippen LogP contribution in [0.4, 0.5) is 5.82 Å². The average Bonchev–Trinajstić information content (AvgIpc) is 2.27. The zero-order valence-corrected chi connectivity index (χ0v) is 10.6. The summed E-state index contributed by atoms with van der Waals surface area (Å²) in [6.45, 7) is 2.01. The van der Waals surface area contributed by atoms with E-state index in [1.807, 2.05) is 0 Å². The number of aliphatic hydroxyl groups is 1. The molecule has 1 fully saturated rings. The monoisotopic (exact) mass is 271 g/mol. The number of rotatable bonds is 4. The lowest BCUT2D eigenvalue weighted by Crippen LogP contribution is -2.39. The fourth-order valence-electron chi connectivity index (χ4n) is 1.73. The van der Waals surface area contributed by atoms with E-state index in [1.54, 1.807) is 6.92 Å². The highest BCUT2D eigenvalue weighted by Crippen LogP contribution is 2.25. The highest BCUT2D eigenvalue weighted by Gasteiger charge is 2.29. The minimum atomic E-state index is -0.489. The third-order valence-electron chi connectivity index (χ3n) is 2.71. The lowest BCUT2D eigenvalue weighted by molar-refractivity contribution is 0.0526. The summed E-state index contributed by atoms with van der Waals surface area (Å²) < 4.78 is 4.91. The highest BCUT2D eigenvalue weighted by atomic mass is 35.5. The Kier molecular flexibility index (Phi) is 3.98. The van der Waals surface area contributed by atoms with Crippen molar-refractivity contribution in [2.45, 2.75) is 31.9 Å². The van der Waals surface area contributed by atoms with Gasteiger partial charge in [0.2, 0.25) is 5.28 Å². The molecule has 2 N–H and O–H groups in total. The van der Waals surface area contributed by atoms with Gasteiger partial charge in [-0.1, -0.05) is 0 Å². The van der Waals surface area contributed by atoms with Crippen molar-refractivity contribution in [3.05, 3.63) is 17.0 Å². The SMILES string of the molecule is CCOC(=O)c1cnc(Cl)nc1N[C@H]1C[C@H](O)C1. The minimum Gasteiger partial charge on any atom is -0.462 e. The molecule has 1 heterocycles. The standard InChI is InChI=1S/C11H14ClN3O3/c1-2-18-10(17)8-5-13-11(12)15-9(8)14-6-3-7(16)4-6/h5-7,16H,2-4H2,1H3,(H,13,14,15)/t6-,7-. The van der Waals surface area contributed by atoms with Gasteiger partial charge in [0.1, 0.15) is 11.4 Å². The van der Waals surface area contributed by atoms with Gasteiger partial charge in [0, 0.05) is 12.2 Å². The molecule has 0 unspecified atom stereocenters. The van der Waals surface area contributed by atoms with Crippen LogP contribution in [0, 0.1) is 0 Å². The zero-order valence-electron chi connectivity index (χ0n) is 9.89. The Labute approximate surface area is 109 Å². The third-order valence-corrected chi connectivity index (χ3v) is 2.89. The molecular weight excluding hydrogens is 258 g/mol. The molecule has 2 rings (SSSR count). The summed E-state index contributed by atoms with van der Waals surface area (Å²) >= 11 is 5.71. The fourth-order valence-corrected chi connectivity index (χ4v) is 1.86. The summed E-state index contributed by atoms with van der Waals surface area (Å²) in [6, 6.07) is 0.0964. The molecule has 0 amide bonds. The van der Waals surface area contributed by atoms with Crippen molar-refractivity contribution in [3.63, 3.8) is 0 Å². The maximum Gasteiger partial charge on any atom is 0.343 e. The van der Waals surface area contributed by atoms with E-state index in [1.165, 1.54) is 6.20 Å². The Balaban J connectivity index is 2.15. The lowest BCUT2D eigenvalue weighted by atomic mass is 9.89. The van der Waals surface area contributed by atoms with E-state index in [4.69, 9.17) is 16.3 Å². The van der Waals surface area contributed by atoms with Crippen molar-refractivity contribution in [3.8, 4) is 0 Å². The van der Waals surface area contributed by atoms with Crippen molar-refractivity contribution in [1.29, 1.82) is 0 Å². The molecular formula is C11H14ClN3O3. The van der Waals surface area contributed by atoms with Gasteiger partial charge in [-0.05, 0) is 31.4 Å². The van der Waals surface area contributed by atoms with Crippen LogP contribution in [0.25, 0.3) is 0 Å². The molecule has 6 nitrogen and oxygen atoms in total. The number of carbonyl (C=O) groups is 1. The van der Waals surface area contributed by atoms with Crippen LogP contribution in [-0.2, 0) is 4.74 Å². The molecule has 0 aromatic carbocycles. The molecule has 0 atom stereocenters. The van der Waals surface area contributed by atoms with Gasteiger partial charge in [-0.25, -0.2) is 9.78 Å². The smallest absolute Gasteiger partial charge is 0.343 e. The van der Waals surface area contributed by atoms with Crippen LogP contribution in [0.1, 0.15) is 30.1 Å². The minimum absolute atomic E-state index is 0.0606. The van der Waals surface area contributed by atoms with Crippen LogP contribution in [0.3, 0.4) is 0 Å². The van der Waals surface area contributed by atoms with Crippen molar-refractivity contribution in [1.82, 2.24) is 9.97 Å².